The number of carboxylic acids is 12. The Morgan fingerprint density at radius 2 is 0.584 bits per heavy atom. The van der Waals surface area contributed by atoms with Gasteiger partial charge in [0.2, 0.25) is 10.0 Å². The number of carbonyl (C=O) groups is 18. The smallest absolute Gasteiger partial charge is 0.326 e. The Hall–Kier alpha value is -13.1. The van der Waals surface area contributed by atoms with Crippen LogP contribution in [0, 0.1) is 24.3 Å². The zero-order valence-corrected chi connectivity index (χ0v) is 71.3. The van der Waals surface area contributed by atoms with Gasteiger partial charge in [0.15, 0.2) is 0 Å². The molecule has 0 unspecified atom stereocenters. The Balaban J connectivity index is 0.000000834. The van der Waals surface area contributed by atoms with Gasteiger partial charge >= 0.3 is 102 Å². The number of halogens is 1. The second-order valence-electron chi connectivity index (χ2n) is 27.7. The van der Waals surface area contributed by atoms with Crippen LogP contribution in [-0.4, -0.2) is 252 Å². The van der Waals surface area contributed by atoms with Gasteiger partial charge in [-0.15, -0.1) is 0 Å². The fourth-order valence-corrected chi connectivity index (χ4v) is 11.9. The van der Waals surface area contributed by atoms with Crippen molar-refractivity contribution in [2.75, 3.05) is 31.5 Å². The summed E-state index contributed by atoms with van der Waals surface area (Å²) < 4.78 is 27.7. The largest absolute Gasteiger partial charge is 0.481 e. The van der Waals surface area contributed by atoms with E-state index in [1.54, 1.807) is 36.4 Å². The summed E-state index contributed by atoms with van der Waals surface area (Å²) in [6.45, 7) is 7.90. The van der Waals surface area contributed by atoms with Crippen molar-refractivity contribution in [2.24, 2.45) is 0 Å². The first-order valence-electron chi connectivity index (χ1n) is 38.7. The lowest BCUT2D eigenvalue weighted by atomic mass is 10.1. The number of carboxylic acid groups (broad SMARTS) is 12. The summed E-state index contributed by atoms with van der Waals surface area (Å²) in [6, 6.07) is 13.3. The molecule has 47 heteroatoms. The summed E-state index contributed by atoms with van der Waals surface area (Å²) in [5, 5.41) is 136. The second kappa shape index (κ2) is 60.4. The summed E-state index contributed by atoms with van der Waals surface area (Å²) in [5.41, 5.74) is 5.58. The minimum absolute atomic E-state index is 0.0269. The number of amides is 11. The predicted octanol–water partition coefficient (Wildman–Crippen LogP) is 4.46. The molecule has 0 aromatic heterocycles. The summed E-state index contributed by atoms with van der Waals surface area (Å²) in [4.78, 5) is 204. The Bertz CT molecular complexity index is 4340. The van der Waals surface area contributed by atoms with Gasteiger partial charge in [0, 0.05) is 66.7 Å². The molecule has 0 saturated carbocycles. The average molecular weight is 1900 g/mol. The number of rotatable bonds is 54. The van der Waals surface area contributed by atoms with E-state index in [-0.39, 0.29) is 81.7 Å². The Morgan fingerprint density at radius 3 is 0.888 bits per heavy atom. The van der Waals surface area contributed by atoms with E-state index in [9.17, 15) is 115 Å². The van der Waals surface area contributed by atoms with Crippen LogP contribution in [0.2, 0.25) is 0 Å². The summed E-state index contributed by atoms with van der Waals surface area (Å²) in [5.74, 6) is -16.0. The van der Waals surface area contributed by atoms with Gasteiger partial charge in [-0.1, -0.05) is 65.2 Å². The molecule has 0 aliphatic carbocycles. The molecule has 8 atom stereocenters. The van der Waals surface area contributed by atoms with Crippen LogP contribution in [0.3, 0.4) is 0 Å². The molecular formula is C78H108IN13O32S. The third kappa shape index (κ3) is 52.1. The van der Waals surface area contributed by atoms with Crippen molar-refractivity contribution in [3.63, 3.8) is 0 Å². The Kier molecular flexibility index (Phi) is 53.2. The van der Waals surface area contributed by atoms with Gasteiger partial charge in [-0.2, -0.15) is 0 Å². The van der Waals surface area contributed by atoms with Crippen molar-refractivity contribution >= 4 is 146 Å². The van der Waals surface area contributed by atoms with E-state index in [0.717, 1.165) is 20.3 Å². The minimum atomic E-state index is -3.69. The van der Waals surface area contributed by atoms with Crippen LogP contribution in [0.15, 0.2) is 102 Å². The highest BCUT2D eigenvalue weighted by Gasteiger charge is 2.30. The van der Waals surface area contributed by atoms with Crippen molar-refractivity contribution in [3.8, 4) is 0 Å². The first-order chi connectivity index (χ1) is 58.8. The second-order valence-corrected chi connectivity index (χ2v) is 30.7. The molecule has 0 aliphatic rings. The molecule has 25 N–H and O–H groups in total. The number of nitrogens with one attached hydrogen (secondary N) is 13. The van der Waals surface area contributed by atoms with Crippen LogP contribution >= 0.6 is 22.6 Å². The third-order valence-electron chi connectivity index (χ3n) is 17.3. The molecule has 0 spiro atoms. The third-order valence-corrected chi connectivity index (χ3v) is 19.5. The number of aryl methyl sites for hydroxylation is 3. The predicted molar refractivity (Wildman–Crippen MR) is 450 cm³/mol. The van der Waals surface area contributed by atoms with Gasteiger partial charge in [0.1, 0.15) is 48.3 Å². The molecule has 0 aliphatic heterocycles. The molecular weight excluding hydrogens is 1790 g/mol. The number of urea groups is 5. The topological polar surface area (TPSA) is 741 Å². The maximum atomic E-state index is 12.2. The highest BCUT2D eigenvalue weighted by atomic mass is 127. The maximum absolute atomic E-state index is 12.2. The molecule has 0 heterocycles. The molecule has 4 rings (SSSR count). The molecule has 0 saturated heterocycles. The highest BCUT2D eigenvalue weighted by Crippen LogP contribution is 2.15. The number of benzene rings is 4. The number of aliphatic carboxylic acids is 12. The van der Waals surface area contributed by atoms with Crippen molar-refractivity contribution in [1.82, 2.24) is 63.2 Å². The van der Waals surface area contributed by atoms with E-state index < -0.39 is 186 Å². The van der Waals surface area contributed by atoms with Crippen molar-refractivity contribution in [1.29, 1.82) is 0 Å². The van der Waals surface area contributed by atoms with Crippen LogP contribution in [0.5, 0.6) is 0 Å². The number of sulfonamides is 1. The molecule has 125 heavy (non-hydrogen) atoms. The Morgan fingerprint density at radius 1 is 0.312 bits per heavy atom. The number of hydrogen-bond acceptors (Lipinski definition) is 21. The normalized spacial score (nSPS) is 12.5. The van der Waals surface area contributed by atoms with E-state index in [1.807, 2.05) is 97.2 Å². The molecule has 4 aromatic rings. The molecule has 45 nitrogen and oxygen atoms in total. The van der Waals surface area contributed by atoms with Crippen LogP contribution < -0.4 is 68.5 Å². The van der Waals surface area contributed by atoms with Crippen LogP contribution in [0.25, 0.3) is 0 Å². The quantitative estimate of drug-likeness (QED) is 0.0214. The van der Waals surface area contributed by atoms with Crippen molar-refractivity contribution in [2.45, 2.75) is 209 Å². The van der Waals surface area contributed by atoms with Gasteiger partial charge < -0.3 is 125 Å². The molecule has 0 radical (unpaired) electrons. The maximum Gasteiger partial charge on any atom is 0.326 e. The summed E-state index contributed by atoms with van der Waals surface area (Å²) >= 11 is 2.05. The lowest BCUT2D eigenvalue weighted by molar-refractivity contribution is -0.142. The molecule has 4 aromatic carbocycles. The van der Waals surface area contributed by atoms with Crippen LogP contribution in [-0.2, 0) is 74.1 Å². The summed E-state index contributed by atoms with van der Waals surface area (Å²) in [6.07, 6.45) is 0.542. The van der Waals surface area contributed by atoms with E-state index in [4.69, 9.17) is 40.9 Å². The first kappa shape index (κ1) is 110. The van der Waals surface area contributed by atoms with E-state index in [0.29, 0.717) is 75.8 Å². The highest BCUT2D eigenvalue weighted by molar-refractivity contribution is 14.1. The van der Waals surface area contributed by atoms with Crippen molar-refractivity contribution in [3.05, 3.63) is 128 Å². The molecule has 11 amide bonds. The molecule has 0 bridgehead atoms. The Labute approximate surface area is 730 Å². The number of hydrogen-bond donors (Lipinski definition) is 25. The lowest BCUT2D eigenvalue weighted by Gasteiger charge is -2.18. The van der Waals surface area contributed by atoms with Gasteiger partial charge in [-0.3, -0.25) is 24.0 Å². The standard InChI is InChI=1S/C20H28N4O8.C20H27N3O8.C20H29N3O7.C18H24IN3O9S/c1-12-5-7-13(8-6-12)22-19(31)21-11-3-2-4-14(17(27)28)23-20(32)24-15(18(29)30)9-10-16(25)26;1-12-5-7-13(8-6-12)17(26)21-11-3-2-4-14(18(27)28)22-20(31)23-15(19(29)30)9-10-16(24)25;1-13-5-7-14(8-6-13)12-21-11-3-2-4-15(18(26)27)22-20(30)23-16(19(28)29)9-10-17(24)25;19-11-4-6-12(7-5-11)32(30,31)20-10-2-1-3-13(16(25)26)21-18(29)22-14(17(27)28)8-9-15(23)24/h5-8,14-15H,2-4,9-11H2,1H3,(H,25,26)(H,27,28)(H,29,30)(H2,21,22,31)(H2,23,24,32);5-8,14-15H,2-4,9-11H2,1H3,(H,21,26)(H,24,25)(H,27,28)(H,29,30)(H2,22,23,31);5-8,15-16,21H,2-4,9-12H2,1H3,(H,24,25)(H,26,27)(H,28,29)(H2,22,23,30);4-7,13-14,20H,1-3,8-10H2,(H,23,24)(H,25,26)(H,27,28)(H2,21,22,29)/t2*14-,15-;15-,16-;13-,14-/m0000/s1. The molecule has 690 valence electrons. The molecule has 0 fully saturated rings. The van der Waals surface area contributed by atoms with E-state index >= 15 is 0 Å². The van der Waals surface area contributed by atoms with Crippen LogP contribution in [0.1, 0.15) is 161 Å². The monoisotopic (exact) mass is 1900 g/mol. The van der Waals surface area contributed by atoms with Gasteiger partial charge in [-0.05, 0) is 207 Å². The zero-order chi connectivity index (χ0) is 94.3. The first-order valence-corrected chi connectivity index (χ1v) is 41.3. The zero-order valence-electron chi connectivity index (χ0n) is 68.4. The SMILES string of the molecule is Cc1ccc(C(=O)NCCCC[C@H](NC(=O)N[C@@H](CCC(=O)O)C(=O)O)C(=O)O)cc1.Cc1ccc(CNCCCC[C@H](NC(=O)N[C@@H](CCC(=O)O)C(=O)O)C(=O)O)cc1.Cc1ccc(NC(=O)NCCCC[C@H](NC(=O)N[C@@H](CCC(=O)O)C(=O)O)C(=O)O)cc1.O=C(O)CC[C@H](NC(=O)N[C@@H](CCCCNS(=O)(=O)c1ccc(I)cc1)C(=O)O)C(=O)O. The minimum Gasteiger partial charge on any atom is -0.481 e. The van der Waals surface area contributed by atoms with Gasteiger partial charge in [-0.25, -0.2) is 75.5 Å². The number of anilines is 1. The number of carbonyl (C=O) groups excluding carboxylic acids is 6. The van der Waals surface area contributed by atoms with Gasteiger partial charge in [0.05, 0.1) is 4.90 Å². The average Bonchev–Trinajstić information content (AvgIpc) is 0.844. The van der Waals surface area contributed by atoms with Crippen molar-refractivity contribution < 1.29 is 156 Å². The van der Waals surface area contributed by atoms with Gasteiger partial charge in [0.25, 0.3) is 5.91 Å². The van der Waals surface area contributed by atoms with E-state index in [2.05, 4.69) is 63.2 Å². The lowest BCUT2D eigenvalue weighted by Crippen LogP contribution is -2.51. The fraction of sp³-hybridized carbons (Fsp3) is 0.462. The van der Waals surface area contributed by atoms with Crippen LogP contribution in [0.4, 0.5) is 29.7 Å². The summed E-state index contributed by atoms with van der Waals surface area (Å²) in [7, 11) is -3.69. The number of unbranched alkanes of at least 4 members (excludes halogenated alkanes) is 4. The fourth-order valence-electron chi connectivity index (χ4n) is 10.4. The van der Waals surface area contributed by atoms with E-state index in [1.165, 1.54) is 17.7 Å².